The number of thiocarbonyl (C=S) groups is 1. The molecule has 0 radical (unpaired) electrons. The fourth-order valence-corrected chi connectivity index (χ4v) is 3.30. The Balaban J connectivity index is 1.80. The highest BCUT2D eigenvalue weighted by atomic mass is 35.5. The van der Waals surface area contributed by atoms with Gasteiger partial charge in [0.15, 0.2) is 5.11 Å². The van der Waals surface area contributed by atoms with Crippen LogP contribution < -0.4 is 16.0 Å². The smallest absolute Gasteiger partial charge is 0.236 e. The third kappa shape index (κ3) is 8.29. The van der Waals surface area contributed by atoms with Gasteiger partial charge in [-0.2, -0.15) is 0 Å². The number of hydrogen-bond donors (Lipinski definition) is 3. The number of rotatable bonds is 8. The summed E-state index contributed by atoms with van der Waals surface area (Å²) in [5.74, 6) is 0.00680. The predicted octanol–water partition coefficient (Wildman–Crippen LogP) is 5.07. The first-order valence-electron chi connectivity index (χ1n) is 8.85. The third-order valence-corrected chi connectivity index (χ3v) is 5.07. The molecule has 8 heteroatoms. The summed E-state index contributed by atoms with van der Waals surface area (Å²) in [6.07, 6.45) is 2.32. The van der Waals surface area contributed by atoms with Crippen molar-refractivity contribution in [2.75, 3.05) is 16.4 Å². The summed E-state index contributed by atoms with van der Waals surface area (Å²) in [5.41, 5.74) is 1.36. The van der Waals surface area contributed by atoms with Crippen LogP contribution in [0.5, 0.6) is 0 Å². The van der Waals surface area contributed by atoms with E-state index in [0.717, 1.165) is 17.7 Å². The lowest BCUT2D eigenvalue weighted by Gasteiger charge is -2.11. The second-order valence-corrected chi connectivity index (χ2v) is 7.87. The summed E-state index contributed by atoms with van der Waals surface area (Å²) in [6.45, 7) is 2.04. The monoisotopic (exact) mass is 435 g/mol. The number of thioether (sulfide) groups is 1. The van der Waals surface area contributed by atoms with Gasteiger partial charge in [0.25, 0.3) is 0 Å². The zero-order chi connectivity index (χ0) is 20.4. The van der Waals surface area contributed by atoms with Gasteiger partial charge in [-0.25, -0.2) is 0 Å². The normalized spacial score (nSPS) is 10.2. The second kappa shape index (κ2) is 11.7. The number of carbonyl (C=O) groups is 2. The Morgan fingerprint density at radius 3 is 2.39 bits per heavy atom. The van der Waals surface area contributed by atoms with Crippen LogP contribution in [0.1, 0.15) is 26.2 Å². The highest BCUT2D eigenvalue weighted by molar-refractivity contribution is 8.00. The molecule has 0 aliphatic carbocycles. The number of nitrogens with one attached hydrogen (secondary N) is 3. The molecule has 2 aromatic rings. The highest BCUT2D eigenvalue weighted by Gasteiger charge is 2.07. The highest BCUT2D eigenvalue weighted by Crippen LogP contribution is 2.20. The summed E-state index contributed by atoms with van der Waals surface area (Å²) in [7, 11) is 0. The first kappa shape index (κ1) is 22.2. The van der Waals surface area contributed by atoms with Crippen molar-refractivity contribution < 1.29 is 9.59 Å². The van der Waals surface area contributed by atoms with E-state index in [-0.39, 0.29) is 22.7 Å². The van der Waals surface area contributed by atoms with E-state index in [1.807, 2.05) is 25.1 Å². The van der Waals surface area contributed by atoms with Gasteiger partial charge in [0.2, 0.25) is 11.8 Å². The molecule has 0 spiro atoms. The van der Waals surface area contributed by atoms with Crippen LogP contribution in [0.25, 0.3) is 0 Å². The minimum Gasteiger partial charge on any atom is -0.332 e. The van der Waals surface area contributed by atoms with Crippen LogP contribution in [0.3, 0.4) is 0 Å². The number of amides is 2. The Labute approximate surface area is 179 Å². The summed E-state index contributed by atoms with van der Waals surface area (Å²) in [6, 6.07) is 14.5. The first-order chi connectivity index (χ1) is 13.5. The first-order valence-corrected chi connectivity index (χ1v) is 10.6. The number of halogens is 1. The molecule has 2 amide bonds. The SMILES string of the molecule is CCCCC(=O)Nc1cccc(NC(=S)NC(=O)CSc2ccc(Cl)cc2)c1. The molecule has 28 heavy (non-hydrogen) atoms. The fraction of sp³-hybridized carbons (Fsp3) is 0.250. The Morgan fingerprint density at radius 2 is 1.71 bits per heavy atom. The van der Waals surface area contributed by atoms with E-state index in [4.69, 9.17) is 23.8 Å². The van der Waals surface area contributed by atoms with Crippen molar-refractivity contribution in [3.63, 3.8) is 0 Å². The van der Waals surface area contributed by atoms with Gasteiger partial charge in [-0.15, -0.1) is 11.8 Å². The lowest BCUT2D eigenvalue weighted by atomic mass is 10.2. The van der Waals surface area contributed by atoms with E-state index in [1.54, 1.807) is 30.3 Å². The van der Waals surface area contributed by atoms with Gasteiger partial charge in [0, 0.05) is 27.7 Å². The summed E-state index contributed by atoms with van der Waals surface area (Å²) >= 11 is 12.4. The fourth-order valence-electron chi connectivity index (χ4n) is 2.24. The Morgan fingerprint density at radius 1 is 1.04 bits per heavy atom. The topological polar surface area (TPSA) is 70.2 Å². The quantitative estimate of drug-likeness (QED) is 0.398. The molecule has 2 aromatic carbocycles. The average molecular weight is 436 g/mol. The predicted molar refractivity (Wildman–Crippen MR) is 121 cm³/mol. The molecular formula is C20H22ClN3O2S2. The van der Waals surface area contributed by atoms with Gasteiger partial charge in [0.05, 0.1) is 5.75 Å². The van der Waals surface area contributed by atoms with Crippen molar-refractivity contribution in [1.29, 1.82) is 0 Å². The third-order valence-electron chi connectivity index (χ3n) is 3.60. The summed E-state index contributed by atoms with van der Waals surface area (Å²) < 4.78 is 0. The van der Waals surface area contributed by atoms with Crippen LogP contribution in [-0.4, -0.2) is 22.7 Å². The Bertz CT molecular complexity index is 828. The molecule has 0 aromatic heterocycles. The maximum absolute atomic E-state index is 12.1. The van der Waals surface area contributed by atoms with Crippen LogP contribution in [0, 0.1) is 0 Å². The molecule has 3 N–H and O–H groups in total. The van der Waals surface area contributed by atoms with Gasteiger partial charge in [-0.1, -0.05) is 31.0 Å². The molecule has 0 saturated heterocycles. The zero-order valence-corrected chi connectivity index (χ0v) is 17.8. The van der Waals surface area contributed by atoms with Gasteiger partial charge >= 0.3 is 0 Å². The maximum Gasteiger partial charge on any atom is 0.236 e. The number of benzene rings is 2. The number of hydrogen-bond acceptors (Lipinski definition) is 4. The minimum atomic E-state index is -0.207. The molecule has 0 aliphatic heterocycles. The van der Waals surface area contributed by atoms with E-state index in [1.165, 1.54) is 11.8 Å². The average Bonchev–Trinajstić information content (AvgIpc) is 2.66. The zero-order valence-electron chi connectivity index (χ0n) is 15.5. The molecular weight excluding hydrogens is 414 g/mol. The molecule has 0 heterocycles. The standard InChI is InChI=1S/C20H22ClN3O2S2/c1-2-3-7-18(25)22-15-5-4-6-16(12-15)23-20(27)24-19(26)13-28-17-10-8-14(21)9-11-17/h4-6,8-12H,2-3,7,13H2,1H3,(H,22,25)(H2,23,24,26,27). The van der Waals surface area contributed by atoms with E-state index in [2.05, 4.69) is 16.0 Å². The van der Waals surface area contributed by atoms with Crippen LogP contribution in [-0.2, 0) is 9.59 Å². The van der Waals surface area contributed by atoms with Gasteiger partial charge in [-0.05, 0) is 61.1 Å². The van der Waals surface area contributed by atoms with Crippen molar-refractivity contribution in [3.05, 3.63) is 53.6 Å². The number of anilines is 2. The largest absolute Gasteiger partial charge is 0.332 e. The van der Waals surface area contributed by atoms with E-state index >= 15 is 0 Å². The van der Waals surface area contributed by atoms with Crippen LogP contribution in [0.4, 0.5) is 11.4 Å². The molecule has 0 saturated carbocycles. The van der Waals surface area contributed by atoms with Gasteiger partial charge in [0.1, 0.15) is 0 Å². The Hall–Kier alpha value is -2.09. The minimum absolute atomic E-state index is 0.0193. The molecule has 0 atom stereocenters. The van der Waals surface area contributed by atoms with Crippen molar-refractivity contribution in [1.82, 2.24) is 5.32 Å². The lowest BCUT2D eigenvalue weighted by Crippen LogP contribution is -2.35. The molecule has 5 nitrogen and oxygen atoms in total. The van der Waals surface area contributed by atoms with Gasteiger partial charge < -0.3 is 16.0 Å². The van der Waals surface area contributed by atoms with E-state index in [9.17, 15) is 9.59 Å². The van der Waals surface area contributed by atoms with E-state index < -0.39 is 0 Å². The van der Waals surface area contributed by atoms with Gasteiger partial charge in [-0.3, -0.25) is 9.59 Å². The second-order valence-electron chi connectivity index (χ2n) is 5.98. The van der Waals surface area contributed by atoms with Crippen LogP contribution >= 0.6 is 35.6 Å². The lowest BCUT2D eigenvalue weighted by molar-refractivity contribution is -0.117. The molecule has 0 unspecified atom stereocenters. The van der Waals surface area contributed by atoms with Crippen molar-refractivity contribution in [2.45, 2.75) is 31.1 Å². The van der Waals surface area contributed by atoms with Crippen molar-refractivity contribution in [2.24, 2.45) is 0 Å². The molecule has 148 valence electrons. The Kier molecular flexibility index (Phi) is 9.27. The molecule has 0 fully saturated rings. The van der Waals surface area contributed by atoms with Crippen molar-refractivity contribution in [3.8, 4) is 0 Å². The maximum atomic E-state index is 12.1. The van der Waals surface area contributed by atoms with Crippen LogP contribution in [0.2, 0.25) is 5.02 Å². The number of unbranched alkanes of at least 4 members (excludes halogenated alkanes) is 1. The van der Waals surface area contributed by atoms with Crippen molar-refractivity contribution >= 4 is 63.9 Å². The number of carbonyl (C=O) groups excluding carboxylic acids is 2. The molecule has 0 bridgehead atoms. The van der Waals surface area contributed by atoms with Crippen LogP contribution in [0.15, 0.2) is 53.4 Å². The molecule has 0 aliphatic rings. The van der Waals surface area contributed by atoms with E-state index in [0.29, 0.717) is 22.8 Å². The molecule has 2 rings (SSSR count). The summed E-state index contributed by atoms with van der Waals surface area (Å²) in [4.78, 5) is 24.8. The summed E-state index contributed by atoms with van der Waals surface area (Å²) in [5, 5.41) is 9.31.